The summed E-state index contributed by atoms with van der Waals surface area (Å²) in [6.45, 7) is -0.0158. The molecule has 1 heterocycles. The van der Waals surface area contributed by atoms with Gasteiger partial charge >= 0.3 is 0 Å². The fraction of sp³-hybridized carbons (Fsp3) is 0.429. The Bertz CT molecular complexity index is 470. The molecular formula is C14H17NO4. The van der Waals surface area contributed by atoms with E-state index in [4.69, 9.17) is 4.74 Å². The zero-order valence-corrected chi connectivity index (χ0v) is 10.8. The number of piperidine rings is 1. The van der Waals surface area contributed by atoms with Gasteiger partial charge < -0.3 is 9.84 Å². The van der Waals surface area contributed by atoms with Crippen molar-refractivity contribution in [2.45, 2.75) is 25.4 Å². The fourth-order valence-electron chi connectivity index (χ4n) is 2.22. The summed E-state index contributed by atoms with van der Waals surface area (Å²) in [5.74, 6) is 0.113. The van der Waals surface area contributed by atoms with Gasteiger partial charge in [0.1, 0.15) is 11.9 Å². The molecule has 102 valence electrons. The minimum atomic E-state index is -0.929. The van der Waals surface area contributed by atoms with E-state index in [1.807, 2.05) is 0 Å². The number of aliphatic hydroxyl groups is 1. The summed E-state index contributed by atoms with van der Waals surface area (Å²) in [5.41, 5.74) is 0.580. The highest BCUT2D eigenvalue weighted by Gasteiger charge is 2.28. The number of nitrogens with zero attached hydrogens (tertiary/aromatic N) is 1. The normalized spacial score (nSPS) is 17.5. The maximum atomic E-state index is 11.7. The summed E-state index contributed by atoms with van der Waals surface area (Å²) in [6.07, 6.45) is 0.399. The van der Waals surface area contributed by atoms with Gasteiger partial charge in [-0.2, -0.15) is 0 Å². The van der Waals surface area contributed by atoms with E-state index in [0.717, 1.165) is 4.90 Å². The zero-order chi connectivity index (χ0) is 13.8. The number of ether oxygens (including phenoxy) is 1. The predicted molar refractivity (Wildman–Crippen MR) is 68.5 cm³/mol. The number of β-amino-alcohol motifs (C(OH)–C–C–N with tert-alkyl or cyclic N) is 1. The Morgan fingerprint density at radius 1 is 1.26 bits per heavy atom. The molecule has 0 aliphatic carbocycles. The molecule has 19 heavy (non-hydrogen) atoms. The standard InChI is InChI=1S/C14H17NO4/c1-19-12-6-3-2-5-10(12)11(16)9-15-13(17)7-4-8-14(15)18/h2-3,5-6,11,16H,4,7-9H2,1H3. The highest BCUT2D eigenvalue weighted by Crippen LogP contribution is 2.26. The Hall–Kier alpha value is -1.88. The van der Waals surface area contributed by atoms with Gasteiger partial charge in [-0.05, 0) is 12.5 Å². The number of amides is 2. The van der Waals surface area contributed by atoms with Gasteiger partial charge in [0.25, 0.3) is 0 Å². The van der Waals surface area contributed by atoms with Gasteiger partial charge in [-0.15, -0.1) is 0 Å². The van der Waals surface area contributed by atoms with Crippen molar-refractivity contribution in [2.24, 2.45) is 0 Å². The monoisotopic (exact) mass is 263 g/mol. The van der Waals surface area contributed by atoms with Crippen LogP contribution in [0.15, 0.2) is 24.3 Å². The summed E-state index contributed by atoms with van der Waals surface area (Å²) >= 11 is 0. The van der Waals surface area contributed by atoms with Gasteiger partial charge in [0.05, 0.1) is 13.7 Å². The molecule has 1 unspecified atom stereocenters. The van der Waals surface area contributed by atoms with E-state index in [1.165, 1.54) is 7.11 Å². The van der Waals surface area contributed by atoms with E-state index in [1.54, 1.807) is 24.3 Å². The molecule has 2 amide bonds. The average Bonchev–Trinajstić information content (AvgIpc) is 2.42. The first-order valence-electron chi connectivity index (χ1n) is 6.27. The van der Waals surface area contributed by atoms with Gasteiger partial charge in [-0.25, -0.2) is 0 Å². The molecule has 0 spiro atoms. The molecular weight excluding hydrogens is 246 g/mol. The first kappa shape index (κ1) is 13.5. The molecule has 1 aliphatic heterocycles. The lowest BCUT2D eigenvalue weighted by Gasteiger charge is -2.27. The van der Waals surface area contributed by atoms with E-state index < -0.39 is 6.10 Å². The van der Waals surface area contributed by atoms with Crippen molar-refractivity contribution in [2.75, 3.05) is 13.7 Å². The third-order valence-electron chi connectivity index (χ3n) is 3.24. The zero-order valence-electron chi connectivity index (χ0n) is 10.8. The van der Waals surface area contributed by atoms with Gasteiger partial charge in [-0.3, -0.25) is 14.5 Å². The Balaban J connectivity index is 2.13. The quantitative estimate of drug-likeness (QED) is 0.831. The number of methoxy groups -OCH3 is 1. The van der Waals surface area contributed by atoms with Crippen molar-refractivity contribution in [3.63, 3.8) is 0 Å². The molecule has 5 nitrogen and oxygen atoms in total. The molecule has 1 fully saturated rings. The van der Waals surface area contributed by atoms with Crippen LogP contribution in [0, 0.1) is 0 Å². The van der Waals surface area contributed by atoms with E-state index in [0.29, 0.717) is 30.6 Å². The molecule has 0 bridgehead atoms. The fourth-order valence-corrected chi connectivity index (χ4v) is 2.22. The number of likely N-dealkylation sites (tertiary alicyclic amines) is 1. The number of para-hydroxylation sites is 1. The van der Waals surface area contributed by atoms with Gasteiger partial charge in [0.2, 0.25) is 11.8 Å². The van der Waals surface area contributed by atoms with Crippen LogP contribution in [0.3, 0.4) is 0 Å². The van der Waals surface area contributed by atoms with E-state index in [9.17, 15) is 14.7 Å². The number of imide groups is 1. The van der Waals surface area contributed by atoms with Gasteiger partial charge in [-0.1, -0.05) is 18.2 Å². The second-order valence-electron chi connectivity index (χ2n) is 4.51. The summed E-state index contributed by atoms with van der Waals surface area (Å²) in [6, 6.07) is 7.04. The van der Waals surface area contributed by atoms with Crippen molar-refractivity contribution in [3.05, 3.63) is 29.8 Å². The largest absolute Gasteiger partial charge is 0.496 e. The van der Waals surface area contributed by atoms with Crippen molar-refractivity contribution in [1.29, 1.82) is 0 Å². The number of carbonyl (C=O) groups excluding carboxylic acids is 2. The van der Waals surface area contributed by atoms with Crippen molar-refractivity contribution < 1.29 is 19.4 Å². The first-order chi connectivity index (χ1) is 9.13. The molecule has 5 heteroatoms. The molecule has 1 atom stereocenters. The average molecular weight is 263 g/mol. The minimum absolute atomic E-state index is 0.0158. The van der Waals surface area contributed by atoms with Crippen molar-refractivity contribution in [3.8, 4) is 5.75 Å². The van der Waals surface area contributed by atoms with Crippen LogP contribution in [0.2, 0.25) is 0 Å². The molecule has 1 aromatic rings. The van der Waals surface area contributed by atoms with E-state index in [-0.39, 0.29) is 18.4 Å². The lowest BCUT2D eigenvalue weighted by Crippen LogP contribution is -2.42. The number of hydrogen-bond donors (Lipinski definition) is 1. The Morgan fingerprint density at radius 2 is 1.89 bits per heavy atom. The molecule has 0 saturated carbocycles. The lowest BCUT2D eigenvalue weighted by molar-refractivity contribution is -0.149. The number of hydrogen-bond acceptors (Lipinski definition) is 4. The highest BCUT2D eigenvalue weighted by molar-refractivity contribution is 5.97. The Labute approximate surface area is 111 Å². The minimum Gasteiger partial charge on any atom is -0.496 e. The highest BCUT2D eigenvalue weighted by atomic mass is 16.5. The number of rotatable bonds is 4. The molecule has 1 N–H and O–H groups in total. The van der Waals surface area contributed by atoms with Crippen LogP contribution in [-0.4, -0.2) is 35.5 Å². The first-order valence-corrected chi connectivity index (χ1v) is 6.27. The second-order valence-corrected chi connectivity index (χ2v) is 4.51. The van der Waals surface area contributed by atoms with E-state index >= 15 is 0 Å². The van der Waals surface area contributed by atoms with Crippen LogP contribution in [-0.2, 0) is 9.59 Å². The van der Waals surface area contributed by atoms with Crippen molar-refractivity contribution >= 4 is 11.8 Å². The molecule has 2 rings (SSSR count). The van der Waals surface area contributed by atoms with Crippen LogP contribution in [0.25, 0.3) is 0 Å². The van der Waals surface area contributed by atoms with Crippen LogP contribution in [0.4, 0.5) is 0 Å². The SMILES string of the molecule is COc1ccccc1C(O)CN1C(=O)CCCC1=O. The lowest BCUT2D eigenvalue weighted by atomic mass is 10.0. The topological polar surface area (TPSA) is 66.8 Å². The third-order valence-corrected chi connectivity index (χ3v) is 3.24. The van der Waals surface area contributed by atoms with Crippen LogP contribution >= 0.6 is 0 Å². The Kier molecular flexibility index (Phi) is 4.16. The van der Waals surface area contributed by atoms with Gasteiger partial charge in [0, 0.05) is 18.4 Å². The number of carbonyl (C=O) groups is 2. The van der Waals surface area contributed by atoms with Crippen LogP contribution < -0.4 is 4.74 Å². The molecule has 1 aromatic carbocycles. The molecule has 0 aromatic heterocycles. The van der Waals surface area contributed by atoms with Crippen LogP contribution in [0.1, 0.15) is 30.9 Å². The maximum absolute atomic E-state index is 11.7. The van der Waals surface area contributed by atoms with Crippen LogP contribution in [0.5, 0.6) is 5.75 Å². The summed E-state index contributed by atoms with van der Waals surface area (Å²) in [5, 5.41) is 10.2. The maximum Gasteiger partial charge on any atom is 0.229 e. The molecule has 0 radical (unpaired) electrons. The van der Waals surface area contributed by atoms with E-state index in [2.05, 4.69) is 0 Å². The summed E-state index contributed by atoms with van der Waals surface area (Å²) < 4.78 is 5.16. The second kappa shape index (κ2) is 5.84. The number of aliphatic hydroxyl groups excluding tert-OH is 1. The molecule has 1 saturated heterocycles. The molecule has 1 aliphatic rings. The number of benzene rings is 1. The smallest absolute Gasteiger partial charge is 0.229 e. The van der Waals surface area contributed by atoms with Gasteiger partial charge in [0.15, 0.2) is 0 Å². The third kappa shape index (κ3) is 2.93. The van der Waals surface area contributed by atoms with Crippen molar-refractivity contribution in [1.82, 2.24) is 4.90 Å². The summed E-state index contributed by atoms with van der Waals surface area (Å²) in [4.78, 5) is 24.5. The predicted octanol–water partition coefficient (Wildman–Crippen LogP) is 1.27. The summed E-state index contributed by atoms with van der Waals surface area (Å²) in [7, 11) is 1.52. The Morgan fingerprint density at radius 3 is 2.53 bits per heavy atom.